The molecule has 4 rings (SSSR count). The molecule has 1 aromatic rings. The van der Waals surface area contributed by atoms with Crippen LogP contribution in [0.25, 0.3) is 0 Å². The lowest BCUT2D eigenvalue weighted by Crippen LogP contribution is -2.46. The minimum absolute atomic E-state index is 0.0545. The Hall–Kier alpha value is -2.20. The van der Waals surface area contributed by atoms with E-state index >= 15 is 0 Å². The first-order valence-corrected chi connectivity index (χ1v) is 13.5. The molecule has 2 heterocycles. The van der Waals surface area contributed by atoms with E-state index in [0.29, 0.717) is 42.5 Å². The first-order chi connectivity index (χ1) is 17.8. The number of piperidine rings is 1. The van der Waals surface area contributed by atoms with Crippen LogP contribution in [0.1, 0.15) is 50.5 Å². The topological polar surface area (TPSA) is 70.2 Å². The number of carbonyl (C=O) groups is 3. The van der Waals surface area contributed by atoms with Gasteiger partial charge in [0, 0.05) is 50.5 Å². The number of hydrogen-bond donors (Lipinski definition) is 0. The maximum Gasteiger partial charge on any atom is 0.409 e. The van der Waals surface area contributed by atoms with E-state index in [9.17, 15) is 27.6 Å². The molecule has 0 N–H and O–H groups in total. The van der Waals surface area contributed by atoms with E-state index in [4.69, 9.17) is 27.9 Å². The highest BCUT2D eigenvalue weighted by atomic mass is 35.5. The van der Waals surface area contributed by atoms with Crippen LogP contribution in [-0.4, -0.2) is 84.7 Å². The molecule has 2 aliphatic heterocycles. The summed E-state index contributed by atoms with van der Waals surface area (Å²) in [6.45, 7) is 2.76. The third kappa shape index (κ3) is 6.50. The van der Waals surface area contributed by atoms with Gasteiger partial charge in [0.1, 0.15) is 6.61 Å². The van der Waals surface area contributed by atoms with Crippen LogP contribution in [-0.2, 0) is 14.3 Å². The van der Waals surface area contributed by atoms with Gasteiger partial charge in [0.15, 0.2) is 0 Å². The summed E-state index contributed by atoms with van der Waals surface area (Å²) < 4.78 is 42.4. The van der Waals surface area contributed by atoms with E-state index in [1.165, 1.54) is 11.9 Å². The average Bonchev–Trinajstić information content (AvgIpc) is 3.47. The Morgan fingerprint density at radius 1 is 1.08 bits per heavy atom. The largest absolute Gasteiger partial charge is 0.449 e. The van der Waals surface area contributed by atoms with Crippen molar-refractivity contribution in [3.05, 3.63) is 33.8 Å². The molecule has 12 heteroatoms. The van der Waals surface area contributed by atoms with Gasteiger partial charge < -0.3 is 19.4 Å². The SMILES string of the molecule is CN(C(=O)OCCC(F)(F)F)[C@H]1CN(C(=O)C2CCN(C(=O)C3(C)CC3)CC2)C[C@@H]1c1ccc(Cl)c(Cl)c1. The van der Waals surface area contributed by atoms with Crippen LogP contribution in [0, 0.1) is 11.3 Å². The molecule has 1 saturated carbocycles. The molecule has 0 bridgehead atoms. The maximum atomic E-state index is 13.5. The zero-order chi connectivity index (χ0) is 27.8. The molecule has 3 fully saturated rings. The number of ether oxygens (including phenoxy) is 1. The van der Waals surface area contributed by atoms with Crippen molar-refractivity contribution in [1.29, 1.82) is 0 Å². The summed E-state index contributed by atoms with van der Waals surface area (Å²) in [6.07, 6.45) is -3.63. The van der Waals surface area contributed by atoms with Gasteiger partial charge in [-0.1, -0.05) is 36.2 Å². The van der Waals surface area contributed by atoms with Crippen molar-refractivity contribution in [1.82, 2.24) is 14.7 Å². The Kier molecular flexibility index (Phi) is 8.43. The van der Waals surface area contributed by atoms with Crippen LogP contribution in [0.5, 0.6) is 0 Å². The first kappa shape index (κ1) is 28.8. The molecule has 3 amide bonds. The van der Waals surface area contributed by atoms with Gasteiger partial charge in [0.2, 0.25) is 11.8 Å². The molecule has 1 aliphatic carbocycles. The molecule has 0 radical (unpaired) electrons. The zero-order valence-corrected chi connectivity index (χ0v) is 22.9. The van der Waals surface area contributed by atoms with E-state index < -0.39 is 31.3 Å². The van der Waals surface area contributed by atoms with Crippen molar-refractivity contribution in [2.45, 2.75) is 57.2 Å². The van der Waals surface area contributed by atoms with E-state index in [-0.39, 0.29) is 35.6 Å². The lowest BCUT2D eigenvalue weighted by molar-refractivity contribution is -0.142. The molecule has 38 heavy (non-hydrogen) atoms. The van der Waals surface area contributed by atoms with Gasteiger partial charge >= 0.3 is 12.3 Å². The van der Waals surface area contributed by atoms with E-state index in [1.54, 1.807) is 23.1 Å². The second kappa shape index (κ2) is 11.1. The number of likely N-dealkylation sites (N-methyl/N-ethyl adjacent to an activating group) is 1. The third-order valence-corrected chi connectivity index (χ3v) is 8.76. The second-order valence-corrected chi connectivity index (χ2v) is 11.6. The summed E-state index contributed by atoms with van der Waals surface area (Å²) in [5.74, 6) is -0.482. The minimum atomic E-state index is -4.44. The number of amides is 3. The van der Waals surface area contributed by atoms with E-state index in [1.807, 2.05) is 11.8 Å². The van der Waals surface area contributed by atoms with E-state index in [2.05, 4.69) is 0 Å². The van der Waals surface area contributed by atoms with E-state index in [0.717, 1.165) is 18.4 Å². The highest BCUT2D eigenvalue weighted by molar-refractivity contribution is 6.42. The van der Waals surface area contributed by atoms with Crippen LogP contribution in [0.2, 0.25) is 10.0 Å². The maximum absolute atomic E-state index is 13.5. The highest BCUT2D eigenvalue weighted by Crippen LogP contribution is 2.47. The summed E-state index contributed by atoms with van der Waals surface area (Å²) in [6, 6.07) is 4.55. The molecular weight excluding hydrogens is 546 g/mol. The standard InChI is InChI=1S/C26H32Cl2F3N3O4/c1-25(7-8-25)23(36)33-10-5-16(6-11-33)22(35)34-14-18(17-3-4-19(27)20(28)13-17)21(15-34)32(2)24(37)38-12-9-26(29,30)31/h3-4,13,16,18,21H,5-12,14-15H2,1-2H3/t18-,21+/m1/s1. The molecular formula is C26H32Cl2F3N3O4. The molecule has 3 aliphatic rings. The zero-order valence-electron chi connectivity index (χ0n) is 21.4. The van der Waals surface area contributed by atoms with Gasteiger partial charge in [-0.2, -0.15) is 13.2 Å². The summed E-state index contributed by atoms with van der Waals surface area (Å²) >= 11 is 12.3. The fourth-order valence-corrected chi connectivity index (χ4v) is 5.60. The molecule has 210 valence electrons. The van der Waals surface area contributed by atoms with Crippen molar-refractivity contribution in [2.75, 3.05) is 39.8 Å². The quantitative estimate of drug-likeness (QED) is 0.457. The van der Waals surface area contributed by atoms with Crippen molar-refractivity contribution in [3.63, 3.8) is 0 Å². The minimum Gasteiger partial charge on any atom is -0.449 e. The van der Waals surface area contributed by atoms with Crippen molar-refractivity contribution in [3.8, 4) is 0 Å². The number of halogens is 5. The molecule has 0 aromatic heterocycles. The normalized spacial score (nSPS) is 23.3. The number of hydrogen-bond acceptors (Lipinski definition) is 4. The van der Waals surface area contributed by atoms with Gasteiger partial charge in [0.25, 0.3) is 0 Å². The lowest BCUT2D eigenvalue weighted by atomic mass is 9.93. The Morgan fingerprint density at radius 3 is 2.32 bits per heavy atom. The molecule has 0 spiro atoms. The van der Waals surface area contributed by atoms with Crippen molar-refractivity contribution >= 4 is 41.1 Å². The predicted molar refractivity (Wildman–Crippen MR) is 136 cm³/mol. The van der Waals surface area contributed by atoms with Gasteiger partial charge in [-0.05, 0) is 43.4 Å². The van der Waals surface area contributed by atoms with Crippen LogP contribution in [0.15, 0.2) is 18.2 Å². The van der Waals surface area contributed by atoms with Crippen LogP contribution < -0.4 is 0 Å². The smallest absolute Gasteiger partial charge is 0.409 e. The Morgan fingerprint density at radius 2 is 1.74 bits per heavy atom. The fourth-order valence-electron chi connectivity index (χ4n) is 5.29. The number of benzene rings is 1. The van der Waals surface area contributed by atoms with Crippen LogP contribution >= 0.6 is 23.2 Å². The van der Waals surface area contributed by atoms with Gasteiger partial charge in [-0.25, -0.2) is 4.79 Å². The average molecular weight is 578 g/mol. The third-order valence-electron chi connectivity index (χ3n) is 8.02. The Balaban J connectivity index is 1.44. The number of rotatable bonds is 6. The molecule has 7 nitrogen and oxygen atoms in total. The van der Waals surface area contributed by atoms with Crippen LogP contribution in [0.3, 0.4) is 0 Å². The molecule has 1 aromatic carbocycles. The van der Waals surface area contributed by atoms with Crippen molar-refractivity contribution in [2.24, 2.45) is 11.3 Å². The summed E-state index contributed by atoms with van der Waals surface area (Å²) in [5, 5.41) is 0.684. The Bertz CT molecular complexity index is 1070. The summed E-state index contributed by atoms with van der Waals surface area (Å²) in [4.78, 5) is 43.6. The summed E-state index contributed by atoms with van der Waals surface area (Å²) in [7, 11) is 1.46. The number of carbonyl (C=O) groups excluding carboxylic acids is 3. The van der Waals surface area contributed by atoms with Gasteiger partial charge in [-0.15, -0.1) is 0 Å². The number of nitrogens with zero attached hydrogens (tertiary/aromatic N) is 3. The number of alkyl halides is 3. The molecule has 2 atom stereocenters. The Labute approximate surface area is 230 Å². The molecule has 0 unspecified atom stereocenters. The second-order valence-electron chi connectivity index (χ2n) is 10.8. The molecule has 2 saturated heterocycles. The number of likely N-dealkylation sites (tertiary alicyclic amines) is 2. The van der Waals surface area contributed by atoms with Crippen molar-refractivity contribution < 1.29 is 32.3 Å². The predicted octanol–water partition coefficient (Wildman–Crippen LogP) is 5.35. The van der Waals surface area contributed by atoms with Gasteiger partial charge in [-0.3, -0.25) is 9.59 Å². The summed E-state index contributed by atoms with van der Waals surface area (Å²) in [5.41, 5.74) is 0.513. The van der Waals surface area contributed by atoms with Crippen LogP contribution in [0.4, 0.5) is 18.0 Å². The monoisotopic (exact) mass is 577 g/mol. The fraction of sp³-hybridized carbons (Fsp3) is 0.654. The van der Waals surface area contributed by atoms with Gasteiger partial charge in [0.05, 0.1) is 22.5 Å². The highest BCUT2D eigenvalue weighted by Gasteiger charge is 2.48. The lowest BCUT2D eigenvalue weighted by Gasteiger charge is -2.34. The first-order valence-electron chi connectivity index (χ1n) is 12.8.